The second-order valence-electron chi connectivity index (χ2n) is 7.37. The van der Waals surface area contributed by atoms with Gasteiger partial charge in [-0.15, -0.1) is 0 Å². The number of fused-ring (bicyclic) bond motifs is 1. The van der Waals surface area contributed by atoms with Crippen molar-refractivity contribution < 1.29 is 8.81 Å². The van der Waals surface area contributed by atoms with Crippen molar-refractivity contribution in [2.24, 2.45) is 0 Å². The second-order valence-corrected chi connectivity index (χ2v) is 7.37. The van der Waals surface area contributed by atoms with Crippen molar-refractivity contribution in [3.05, 3.63) is 72.7 Å². The summed E-state index contributed by atoms with van der Waals surface area (Å²) in [6.07, 6.45) is 1.75. The fraction of sp³-hybridized carbons (Fsp3) is 0.217. The minimum Gasteiger partial charge on any atom is -0.462 e. The molecule has 4 aromatic rings. The molecular weight excluding hydrogens is 353 g/mol. The molecule has 1 N–H and O–H groups in total. The number of benzene rings is 2. The van der Waals surface area contributed by atoms with Gasteiger partial charge in [0, 0.05) is 36.8 Å². The summed E-state index contributed by atoms with van der Waals surface area (Å²) in [6, 6.07) is 19.4. The molecule has 1 aliphatic rings. The zero-order valence-corrected chi connectivity index (χ0v) is 15.7. The summed E-state index contributed by atoms with van der Waals surface area (Å²) in [4.78, 5) is 8.29. The third-order valence-electron chi connectivity index (χ3n) is 5.56. The zero-order chi connectivity index (χ0) is 19.1. The highest BCUT2D eigenvalue weighted by Gasteiger charge is 2.26. The molecule has 1 unspecified atom stereocenters. The van der Waals surface area contributed by atoms with E-state index >= 15 is 0 Å². The average Bonchev–Trinajstić information content (AvgIpc) is 3.38. The SMILES string of the molecule is CC1CN(c2cccc3ccoc23)CCN1c1ccc(-c2ccc(F)cc2)[nH]1. The Balaban J connectivity index is 1.35. The first-order valence-corrected chi connectivity index (χ1v) is 9.62. The Hall–Kier alpha value is -3.21. The Morgan fingerprint density at radius 2 is 1.86 bits per heavy atom. The number of nitrogens with zero attached hydrogens (tertiary/aromatic N) is 2. The highest BCUT2D eigenvalue weighted by atomic mass is 19.1. The van der Waals surface area contributed by atoms with Crippen LogP contribution in [0, 0.1) is 5.82 Å². The first-order valence-electron chi connectivity index (χ1n) is 9.62. The van der Waals surface area contributed by atoms with Crippen LogP contribution < -0.4 is 9.80 Å². The Kier molecular flexibility index (Phi) is 4.08. The standard InChI is InChI=1S/C23H22FN3O/c1-16-15-26(21-4-2-3-18-11-14-28-23(18)21)12-13-27(16)22-10-9-20(25-22)17-5-7-19(24)8-6-17/h2-11,14,16,25H,12-13,15H2,1H3. The molecular formula is C23H22FN3O. The van der Waals surface area contributed by atoms with E-state index in [1.807, 2.05) is 6.07 Å². The number of aromatic amines is 1. The van der Waals surface area contributed by atoms with Crippen LogP contribution in [-0.4, -0.2) is 30.7 Å². The van der Waals surface area contributed by atoms with E-state index in [1.54, 1.807) is 18.4 Å². The lowest BCUT2D eigenvalue weighted by atomic mass is 10.1. The van der Waals surface area contributed by atoms with Crippen molar-refractivity contribution in [3.63, 3.8) is 0 Å². The minimum atomic E-state index is -0.216. The molecule has 1 saturated heterocycles. The van der Waals surface area contributed by atoms with Gasteiger partial charge in [0.25, 0.3) is 0 Å². The molecule has 5 rings (SSSR count). The van der Waals surface area contributed by atoms with Crippen LogP contribution in [0.15, 0.2) is 71.3 Å². The van der Waals surface area contributed by atoms with Crippen LogP contribution in [0.5, 0.6) is 0 Å². The summed E-state index contributed by atoms with van der Waals surface area (Å²) in [5.74, 6) is 0.884. The Labute approximate surface area is 163 Å². The number of aromatic nitrogens is 1. The molecule has 142 valence electrons. The summed E-state index contributed by atoms with van der Waals surface area (Å²) in [6.45, 7) is 5.01. The normalized spacial score (nSPS) is 17.4. The predicted octanol–water partition coefficient (Wildman–Crippen LogP) is 5.28. The molecule has 0 bridgehead atoms. The van der Waals surface area contributed by atoms with Gasteiger partial charge in [0.1, 0.15) is 11.6 Å². The number of para-hydroxylation sites is 1. The summed E-state index contributed by atoms with van der Waals surface area (Å²) in [7, 11) is 0. The predicted molar refractivity (Wildman–Crippen MR) is 111 cm³/mol. The highest BCUT2D eigenvalue weighted by Crippen LogP contribution is 2.31. The van der Waals surface area contributed by atoms with Crippen LogP contribution in [0.2, 0.25) is 0 Å². The average molecular weight is 375 g/mol. The van der Waals surface area contributed by atoms with Gasteiger partial charge in [0.05, 0.1) is 12.0 Å². The highest BCUT2D eigenvalue weighted by molar-refractivity contribution is 5.89. The summed E-state index contributed by atoms with van der Waals surface area (Å²) in [5.41, 5.74) is 4.11. The van der Waals surface area contributed by atoms with Crippen LogP contribution >= 0.6 is 0 Å². The Morgan fingerprint density at radius 3 is 2.68 bits per heavy atom. The largest absolute Gasteiger partial charge is 0.462 e. The lowest BCUT2D eigenvalue weighted by molar-refractivity contribution is 0.543. The molecule has 0 spiro atoms. The van der Waals surface area contributed by atoms with E-state index in [0.29, 0.717) is 6.04 Å². The van der Waals surface area contributed by atoms with Crippen LogP contribution in [0.4, 0.5) is 15.9 Å². The van der Waals surface area contributed by atoms with Gasteiger partial charge in [-0.25, -0.2) is 4.39 Å². The molecule has 0 amide bonds. The molecule has 1 fully saturated rings. The molecule has 5 heteroatoms. The van der Waals surface area contributed by atoms with Crippen molar-refractivity contribution in [2.75, 3.05) is 29.4 Å². The van der Waals surface area contributed by atoms with Crippen LogP contribution in [0.1, 0.15) is 6.92 Å². The van der Waals surface area contributed by atoms with Gasteiger partial charge in [-0.1, -0.05) is 12.1 Å². The Morgan fingerprint density at radius 1 is 1.00 bits per heavy atom. The number of hydrogen-bond donors (Lipinski definition) is 1. The van der Waals surface area contributed by atoms with E-state index in [4.69, 9.17) is 4.42 Å². The molecule has 1 aliphatic heterocycles. The van der Waals surface area contributed by atoms with E-state index in [9.17, 15) is 4.39 Å². The number of H-pyrrole nitrogens is 1. The number of furan rings is 1. The molecule has 2 aromatic heterocycles. The third kappa shape index (κ3) is 2.93. The van der Waals surface area contributed by atoms with Crippen molar-refractivity contribution >= 4 is 22.5 Å². The first kappa shape index (κ1) is 16.9. The van der Waals surface area contributed by atoms with E-state index < -0.39 is 0 Å². The van der Waals surface area contributed by atoms with E-state index in [2.05, 4.69) is 52.0 Å². The van der Waals surface area contributed by atoms with Crippen molar-refractivity contribution in [1.29, 1.82) is 0 Å². The molecule has 0 radical (unpaired) electrons. The van der Waals surface area contributed by atoms with Gasteiger partial charge in [0.15, 0.2) is 5.58 Å². The van der Waals surface area contributed by atoms with Crippen LogP contribution in [0.3, 0.4) is 0 Å². The number of halogens is 1. The van der Waals surface area contributed by atoms with E-state index in [0.717, 1.165) is 53.4 Å². The molecule has 3 heterocycles. The van der Waals surface area contributed by atoms with Crippen molar-refractivity contribution in [3.8, 4) is 11.3 Å². The van der Waals surface area contributed by atoms with Crippen molar-refractivity contribution in [1.82, 2.24) is 4.98 Å². The fourth-order valence-corrected chi connectivity index (χ4v) is 4.11. The second kappa shape index (κ2) is 6.75. The van der Waals surface area contributed by atoms with Crippen molar-refractivity contribution in [2.45, 2.75) is 13.0 Å². The Bertz CT molecular complexity index is 1100. The van der Waals surface area contributed by atoms with E-state index in [-0.39, 0.29) is 5.82 Å². The lowest BCUT2D eigenvalue weighted by Crippen LogP contribution is -2.52. The van der Waals surface area contributed by atoms with Gasteiger partial charge in [-0.3, -0.25) is 0 Å². The molecule has 0 saturated carbocycles. The smallest absolute Gasteiger partial charge is 0.157 e. The van der Waals surface area contributed by atoms with Gasteiger partial charge in [-0.05, 0) is 61.0 Å². The number of hydrogen-bond acceptors (Lipinski definition) is 3. The van der Waals surface area contributed by atoms with Gasteiger partial charge in [0.2, 0.25) is 0 Å². The fourth-order valence-electron chi connectivity index (χ4n) is 4.11. The van der Waals surface area contributed by atoms with Crippen LogP contribution in [0.25, 0.3) is 22.2 Å². The maximum atomic E-state index is 13.2. The van der Waals surface area contributed by atoms with Gasteiger partial charge in [-0.2, -0.15) is 0 Å². The molecule has 1 atom stereocenters. The topological polar surface area (TPSA) is 35.4 Å². The number of piperazine rings is 1. The maximum Gasteiger partial charge on any atom is 0.157 e. The maximum absolute atomic E-state index is 13.2. The lowest BCUT2D eigenvalue weighted by Gasteiger charge is -2.41. The summed E-state index contributed by atoms with van der Waals surface area (Å²) < 4.78 is 18.9. The molecule has 4 nitrogen and oxygen atoms in total. The monoisotopic (exact) mass is 375 g/mol. The number of anilines is 2. The summed E-state index contributed by atoms with van der Waals surface area (Å²) >= 11 is 0. The number of nitrogens with one attached hydrogen (secondary N) is 1. The first-order chi connectivity index (χ1) is 13.7. The zero-order valence-electron chi connectivity index (χ0n) is 15.7. The molecule has 28 heavy (non-hydrogen) atoms. The molecule has 0 aliphatic carbocycles. The van der Waals surface area contributed by atoms with Crippen LogP contribution in [-0.2, 0) is 0 Å². The van der Waals surface area contributed by atoms with E-state index in [1.165, 1.54) is 12.1 Å². The van der Waals surface area contributed by atoms with Gasteiger partial charge < -0.3 is 19.2 Å². The molecule has 2 aromatic carbocycles. The number of rotatable bonds is 3. The minimum absolute atomic E-state index is 0.216. The quantitative estimate of drug-likeness (QED) is 0.529. The van der Waals surface area contributed by atoms with Gasteiger partial charge >= 0.3 is 0 Å². The third-order valence-corrected chi connectivity index (χ3v) is 5.56. The summed E-state index contributed by atoms with van der Waals surface area (Å²) in [5, 5.41) is 1.14.